The third-order valence-corrected chi connectivity index (χ3v) is 4.75. The first-order valence-corrected chi connectivity index (χ1v) is 8.68. The zero-order valence-corrected chi connectivity index (χ0v) is 14.0. The number of benzene rings is 1. The highest BCUT2D eigenvalue weighted by molar-refractivity contribution is 7.14. The van der Waals surface area contributed by atoms with Gasteiger partial charge in [0.05, 0.1) is 19.3 Å². The second-order valence-corrected chi connectivity index (χ2v) is 6.54. The lowest BCUT2D eigenvalue weighted by Gasteiger charge is -2.03. The first kappa shape index (κ1) is 15.5. The van der Waals surface area contributed by atoms with Crippen molar-refractivity contribution in [3.05, 3.63) is 52.0 Å². The SMILES string of the molecule is COc1ccc(-c2csc(NC(=O)NCc3cccs3)n2)cc1. The predicted octanol–water partition coefficient (Wildman–Crippen LogP) is 4.20. The highest BCUT2D eigenvalue weighted by Gasteiger charge is 2.08. The van der Waals surface area contributed by atoms with Crippen molar-refractivity contribution in [3.8, 4) is 17.0 Å². The number of aromatic nitrogens is 1. The number of carbonyl (C=O) groups is 1. The van der Waals surface area contributed by atoms with E-state index in [0.717, 1.165) is 21.9 Å². The number of hydrogen-bond donors (Lipinski definition) is 2. The maximum absolute atomic E-state index is 11.9. The molecule has 0 spiro atoms. The summed E-state index contributed by atoms with van der Waals surface area (Å²) in [6.07, 6.45) is 0. The number of hydrogen-bond acceptors (Lipinski definition) is 5. The van der Waals surface area contributed by atoms with E-state index in [1.54, 1.807) is 18.4 Å². The maximum Gasteiger partial charge on any atom is 0.321 e. The molecule has 7 heteroatoms. The number of thiophene rings is 1. The highest BCUT2D eigenvalue weighted by atomic mass is 32.1. The Kier molecular flexibility index (Phi) is 4.89. The minimum absolute atomic E-state index is 0.256. The molecule has 2 heterocycles. The Balaban J connectivity index is 1.58. The predicted molar refractivity (Wildman–Crippen MR) is 94.3 cm³/mol. The summed E-state index contributed by atoms with van der Waals surface area (Å²) >= 11 is 3.00. The second kappa shape index (κ2) is 7.26. The van der Waals surface area contributed by atoms with Gasteiger partial charge in [0, 0.05) is 15.8 Å². The minimum atomic E-state index is -0.256. The van der Waals surface area contributed by atoms with E-state index in [1.807, 2.05) is 47.2 Å². The van der Waals surface area contributed by atoms with Crippen LogP contribution in [0.15, 0.2) is 47.2 Å². The van der Waals surface area contributed by atoms with Crippen molar-refractivity contribution in [2.45, 2.75) is 6.54 Å². The molecule has 0 aliphatic rings. The van der Waals surface area contributed by atoms with E-state index in [9.17, 15) is 4.79 Å². The number of anilines is 1. The fraction of sp³-hybridized carbons (Fsp3) is 0.125. The maximum atomic E-state index is 11.9. The minimum Gasteiger partial charge on any atom is -0.497 e. The Morgan fingerprint density at radius 1 is 1.22 bits per heavy atom. The number of carbonyl (C=O) groups excluding carboxylic acids is 1. The van der Waals surface area contributed by atoms with Crippen LogP contribution in [0.25, 0.3) is 11.3 Å². The molecular formula is C16H15N3O2S2. The lowest BCUT2D eigenvalue weighted by molar-refractivity contribution is 0.252. The lowest BCUT2D eigenvalue weighted by atomic mass is 10.2. The van der Waals surface area contributed by atoms with E-state index in [1.165, 1.54) is 11.3 Å². The molecule has 0 unspecified atom stereocenters. The van der Waals surface area contributed by atoms with E-state index in [-0.39, 0.29) is 6.03 Å². The van der Waals surface area contributed by atoms with Gasteiger partial charge in [-0.3, -0.25) is 5.32 Å². The van der Waals surface area contributed by atoms with Crippen molar-refractivity contribution >= 4 is 33.8 Å². The molecule has 0 bridgehead atoms. The number of nitrogens with one attached hydrogen (secondary N) is 2. The van der Waals surface area contributed by atoms with Gasteiger partial charge in [-0.25, -0.2) is 9.78 Å². The van der Waals surface area contributed by atoms with Gasteiger partial charge in [-0.05, 0) is 35.7 Å². The van der Waals surface area contributed by atoms with E-state index in [0.29, 0.717) is 11.7 Å². The fourth-order valence-electron chi connectivity index (χ4n) is 1.95. The molecule has 0 radical (unpaired) electrons. The number of thiazole rings is 1. The molecule has 1 aromatic carbocycles. The normalized spacial score (nSPS) is 10.3. The second-order valence-electron chi connectivity index (χ2n) is 4.65. The first-order chi connectivity index (χ1) is 11.2. The Hall–Kier alpha value is -2.38. The number of ether oxygens (including phenoxy) is 1. The lowest BCUT2D eigenvalue weighted by Crippen LogP contribution is -2.27. The molecule has 2 amide bonds. The zero-order chi connectivity index (χ0) is 16.1. The smallest absolute Gasteiger partial charge is 0.321 e. The third-order valence-electron chi connectivity index (χ3n) is 3.11. The highest BCUT2D eigenvalue weighted by Crippen LogP contribution is 2.26. The number of amides is 2. The quantitative estimate of drug-likeness (QED) is 0.728. The van der Waals surface area contributed by atoms with Crippen molar-refractivity contribution in [1.82, 2.24) is 10.3 Å². The van der Waals surface area contributed by atoms with Crippen LogP contribution < -0.4 is 15.4 Å². The summed E-state index contributed by atoms with van der Waals surface area (Å²) in [4.78, 5) is 17.4. The number of urea groups is 1. The van der Waals surface area contributed by atoms with Gasteiger partial charge < -0.3 is 10.1 Å². The van der Waals surface area contributed by atoms with Gasteiger partial charge in [0.15, 0.2) is 5.13 Å². The van der Waals surface area contributed by atoms with Crippen LogP contribution in [0.1, 0.15) is 4.88 Å². The van der Waals surface area contributed by atoms with Crippen LogP contribution in [-0.4, -0.2) is 18.1 Å². The molecule has 3 aromatic rings. The Bertz CT molecular complexity index is 767. The molecule has 3 rings (SSSR count). The van der Waals surface area contributed by atoms with Gasteiger partial charge in [0.25, 0.3) is 0 Å². The standard InChI is InChI=1S/C16H15N3O2S2/c1-21-12-6-4-11(5-7-12)14-10-23-16(18-14)19-15(20)17-9-13-3-2-8-22-13/h2-8,10H,9H2,1H3,(H2,17,18,19,20). The van der Waals surface area contributed by atoms with E-state index < -0.39 is 0 Å². The summed E-state index contributed by atoms with van der Waals surface area (Å²) in [5.74, 6) is 0.801. The summed E-state index contributed by atoms with van der Waals surface area (Å²) in [5, 5.41) is 10.0. The number of methoxy groups -OCH3 is 1. The van der Waals surface area contributed by atoms with Gasteiger partial charge in [-0.2, -0.15) is 0 Å². The van der Waals surface area contributed by atoms with Crippen LogP contribution in [0, 0.1) is 0 Å². The molecule has 23 heavy (non-hydrogen) atoms. The Morgan fingerprint density at radius 3 is 2.74 bits per heavy atom. The summed E-state index contributed by atoms with van der Waals surface area (Å²) in [6, 6.07) is 11.3. The van der Waals surface area contributed by atoms with E-state index >= 15 is 0 Å². The molecule has 0 atom stereocenters. The van der Waals surface area contributed by atoms with Crippen molar-refractivity contribution in [1.29, 1.82) is 0 Å². The van der Waals surface area contributed by atoms with Gasteiger partial charge in [0.1, 0.15) is 5.75 Å². The zero-order valence-electron chi connectivity index (χ0n) is 12.4. The van der Waals surface area contributed by atoms with Crippen molar-refractivity contribution in [2.24, 2.45) is 0 Å². The van der Waals surface area contributed by atoms with Crippen LogP contribution in [0.4, 0.5) is 9.93 Å². The molecule has 0 aliphatic heterocycles. The van der Waals surface area contributed by atoms with Crippen LogP contribution in [0.2, 0.25) is 0 Å². The fourth-order valence-corrected chi connectivity index (χ4v) is 3.31. The topological polar surface area (TPSA) is 63.2 Å². The van der Waals surface area contributed by atoms with Gasteiger partial charge in [-0.1, -0.05) is 6.07 Å². The molecule has 0 saturated heterocycles. The summed E-state index contributed by atoms with van der Waals surface area (Å²) < 4.78 is 5.14. The third kappa shape index (κ3) is 4.08. The van der Waals surface area contributed by atoms with Gasteiger partial charge in [-0.15, -0.1) is 22.7 Å². The molecule has 118 valence electrons. The summed E-state index contributed by atoms with van der Waals surface area (Å²) in [5.41, 5.74) is 1.81. The summed E-state index contributed by atoms with van der Waals surface area (Å²) in [6.45, 7) is 0.514. The first-order valence-electron chi connectivity index (χ1n) is 6.92. The number of rotatable bonds is 5. The average molecular weight is 345 g/mol. The Labute approximate surface area is 142 Å². The van der Waals surface area contributed by atoms with Crippen molar-refractivity contribution in [2.75, 3.05) is 12.4 Å². The van der Waals surface area contributed by atoms with Gasteiger partial charge >= 0.3 is 6.03 Å². The average Bonchev–Trinajstić information content (AvgIpc) is 3.25. The molecule has 2 N–H and O–H groups in total. The monoisotopic (exact) mass is 345 g/mol. The molecule has 2 aromatic heterocycles. The Morgan fingerprint density at radius 2 is 2.04 bits per heavy atom. The largest absolute Gasteiger partial charge is 0.497 e. The van der Waals surface area contributed by atoms with Crippen molar-refractivity contribution in [3.63, 3.8) is 0 Å². The van der Waals surface area contributed by atoms with E-state index in [2.05, 4.69) is 15.6 Å². The van der Waals surface area contributed by atoms with E-state index in [4.69, 9.17) is 4.74 Å². The summed E-state index contributed by atoms with van der Waals surface area (Å²) in [7, 11) is 1.63. The molecule has 0 saturated carbocycles. The van der Waals surface area contributed by atoms with Crippen molar-refractivity contribution < 1.29 is 9.53 Å². The molecule has 0 aliphatic carbocycles. The molecule has 5 nitrogen and oxygen atoms in total. The van der Waals surface area contributed by atoms with Crippen LogP contribution in [0.3, 0.4) is 0 Å². The van der Waals surface area contributed by atoms with Gasteiger partial charge in [0.2, 0.25) is 0 Å². The van der Waals surface area contributed by atoms with Crippen LogP contribution >= 0.6 is 22.7 Å². The molecular weight excluding hydrogens is 330 g/mol. The van der Waals surface area contributed by atoms with Crippen LogP contribution in [-0.2, 0) is 6.54 Å². The molecule has 0 fully saturated rings. The number of nitrogens with zero attached hydrogens (tertiary/aromatic N) is 1. The van der Waals surface area contributed by atoms with Crippen LogP contribution in [0.5, 0.6) is 5.75 Å².